The maximum Gasteiger partial charge on any atom is 0.288 e. The summed E-state index contributed by atoms with van der Waals surface area (Å²) in [7, 11) is 0. The number of amides is 2. The van der Waals surface area contributed by atoms with Gasteiger partial charge in [0.2, 0.25) is 0 Å². The van der Waals surface area contributed by atoms with Gasteiger partial charge in [0.15, 0.2) is 0 Å². The van der Waals surface area contributed by atoms with Gasteiger partial charge in [-0.2, -0.15) is 0 Å². The van der Waals surface area contributed by atoms with Gasteiger partial charge in [-0.15, -0.1) is 11.3 Å². The molecule has 6 nitrogen and oxygen atoms in total. The SMILES string of the molecule is Cc1sc(-n2c(C)ccc2C)c(C(=O)NNC(=O)c2ccccn2)c1C. The molecule has 3 aromatic heterocycles. The van der Waals surface area contributed by atoms with Gasteiger partial charge >= 0.3 is 0 Å². The van der Waals surface area contributed by atoms with Gasteiger partial charge < -0.3 is 4.57 Å². The standard InChI is InChI=1S/C19H20N4O2S/c1-11-8-9-12(2)23(11)19-16(13(3)14(4)26-19)18(25)22-21-17(24)15-7-5-6-10-20-15/h5-10H,1-4H3,(H,21,24)(H,22,25). The number of pyridine rings is 1. The van der Waals surface area contributed by atoms with E-state index in [1.54, 1.807) is 29.5 Å². The van der Waals surface area contributed by atoms with Crippen LogP contribution in [0, 0.1) is 27.7 Å². The molecule has 0 spiro atoms. The summed E-state index contributed by atoms with van der Waals surface area (Å²) >= 11 is 1.56. The van der Waals surface area contributed by atoms with E-state index in [2.05, 4.69) is 20.4 Å². The van der Waals surface area contributed by atoms with Crippen LogP contribution >= 0.6 is 11.3 Å². The lowest BCUT2D eigenvalue weighted by molar-refractivity contribution is 0.0844. The van der Waals surface area contributed by atoms with Crippen molar-refractivity contribution in [3.8, 4) is 5.00 Å². The first-order valence-electron chi connectivity index (χ1n) is 8.17. The molecule has 0 fully saturated rings. The topological polar surface area (TPSA) is 76.0 Å². The molecule has 0 radical (unpaired) electrons. The van der Waals surface area contributed by atoms with Crippen molar-refractivity contribution in [1.29, 1.82) is 0 Å². The molecule has 3 aromatic rings. The number of thiophene rings is 1. The van der Waals surface area contributed by atoms with E-state index < -0.39 is 5.91 Å². The number of carbonyl (C=O) groups excluding carboxylic acids is 2. The number of nitrogens with zero attached hydrogens (tertiary/aromatic N) is 2. The number of nitrogens with one attached hydrogen (secondary N) is 2. The largest absolute Gasteiger partial charge is 0.309 e. The molecule has 26 heavy (non-hydrogen) atoms. The lowest BCUT2D eigenvalue weighted by atomic mass is 10.1. The molecule has 0 aliphatic heterocycles. The molecular weight excluding hydrogens is 348 g/mol. The van der Waals surface area contributed by atoms with Crippen LogP contribution in [0.2, 0.25) is 0 Å². The van der Waals surface area contributed by atoms with Crippen LogP contribution in [0.5, 0.6) is 0 Å². The first kappa shape index (κ1) is 17.9. The van der Waals surface area contributed by atoms with E-state index in [1.165, 1.54) is 6.20 Å². The summed E-state index contributed by atoms with van der Waals surface area (Å²) in [6.45, 7) is 7.91. The molecule has 2 N–H and O–H groups in total. The Hall–Kier alpha value is -2.93. The molecule has 3 rings (SSSR count). The van der Waals surface area contributed by atoms with Crippen LogP contribution in [-0.4, -0.2) is 21.4 Å². The highest BCUT2D eigenvalue weighted by Crippen LogP contribution is 2.32. The maximum absolute atomic E-state index is 12.8. The summed E-state index contributed by atoms with van der Waals surface area (Å²) in [5, 5.41) is 0.851. The molecule has 0 unspecified atom stereocenters. The Morgan fingerprint density at radius 3 is 2.23 bits per heavy atom. The first-order chi connectivity index (χ1) is 12.4. The first-order valence-corrected chi connectivity index (χ1v) is 8.98. The minimum atomic E-state index is -0.460. The monoisotopic (exact) mass is 368 g/mol. The fourth-order valence-corrected chi connectivity index (χ4v) is 4.03. The quantitative estimate of drug-likeness (QED) is 0.697. The third-order valence-electron chi connectivity index (χ3n) is 4.26. The summed E-state index contributed by atoms with van der Waals surface area (Å²) < 4.78 is 2.06. The van der Waals surface area contributed by atoms with Crippen molar-refractivity contribution in [2.45, 2.75) is 27.7 Å². The molecule has 0 aliphatic rings. The minimum Gasteiger partial charge on any atom is -0.309 e. The number of aryl methyl sites for hydroxylation is 3. The molecule has 0 bridgehead atoms. The van der Waals surface area contributed by atoms with Gasteiger partial charge in [0.05, 0.1) is 5.56 Å². The van der Waals surface area contributed by atoms with E-state index in [0.29, 0.717) is 5.56 Å². The predicted octanol–water partition coefficient (Wildman–Crippen LogP) is 3.24. The second-order valence-corrected chi connectivity index (χ2v) is 7.24. The van der Waals surface area contributed by atoms with E-state index in [-0.39, 0.29) is 11.6 Å². The van der Waals surface area contributed by atoms with Crippen molar-refractivity contribution in [1.82, 2.24) is 20.4 Å². The van der Waals surface area contributed by atoms with E-state index in [0.717, 1.165) is 26.8 Å². The second kappa shape index (κ2) is 7.13. The summed E-state index contributed by atoms with van der Waals surface area (Å²) in [6.07, 6.45) is 1.53. The van der Waals surface area contributed by atoms with Crippen molar-refractivity contribution in [3.05, 3.63) is 69.6 Å². The summed E-state index contributed by atoms with van der Waals surface area (Å²) in [6, 6.07) is 9.06. The number of rotatable bonds is 3. The van der Waals surface area contributed by atoms with Crippen molar-refractivity contribution >= 4 is 23.2 Å². The minimum absolute atomic E-state index is 0.239. The van der Waals surface area contributed by atoms with Crippen LogP contribution in [0.25, 0.3) is 5.00 Å². The van der Waals surface area contributed by atoms with Gasteiger partial charge in [0, 0.05) is 22.5 Å². The molecule has 0 aromatic carbocycles. The van der Waals surface area contributed by atoms with Crippen LogP contribution in [0.4, 0.5) is 0 Å². The summed E-state index contributed by atoms with van der Waals surface area (Å²) in [5.41, 5.74) is 8.75. The zero-order valence-corrected chi connectivity index (χ0v) is 15.9. The van der Waals surface area contributed by atoms with Gasteiger partial charge in [0.25, 0.3) is 11.8 Å². The van der Waals surface area contributed by atoms with Gasteiger partial charge in [-0.1, -0.05) is 6.07 Å². The molecule has 0 aliphatic carbocycles. The Labute approximate surface area is 155 Å². The maximum atomic E-state index is 12.8. The van der Waals surface area contributed by atoms with Crippen LogP contribution in [0.3, 0.4) is 0 Å². The van der Waals surface area contributed by atoms with Crippen molar-refractivity contribution in [2.24, 2.45) is 0 Å². The van der Waals surface area contributed by atoms with Crippen molar-refractivity contribution < 1.29 is 9.59 Å². The smallest absolute Gasteiger partial charge is 0.288 e. The molecule has 0 atom stereocenters. The van der Waals surface area contributed by atoms with Crippen molar-refractivity contribution in [3.63, 3.8) is 0 Å². The zero-order chi connectivity index (χ0) is 18.8. The third kappa shape index (κ3) is 3.25. The van der Waals surface area contributed by atoms with Gasteiger partial charge in [-0.25, -0.2) is 0 Å². The van der Waals surface area contributed by atoms with Crippen LogP contribution in [0.1, 0.15) is 42.7 Å². The number of carbonyl (C=O) groups is 2. The zero-order valence-electron chi connectivity index (χ0n) is 15.1. The Morgan fingerprint density at radius 2 is 1.62 bits per heavy atom. The molecule has 3 heterocycles. The molecular formula is C19H20N4O2S. The number of aromatic nitrogens is 2. The van der Waals surface area contributed by atoms with Crippen molar-refractivity contribution in [2.75, 3.05) is 0 Å². The fourth-order valence-electron chi connectivity index (χ4n) is 2.76. The summed E-state index contributed by atoms with van der Waals surface area (Å²) in [4.78, 5) is 29.9. The highest BCUT2D eigenvalue weighted by molar-refractivity contribution is 7.15. The average Bonchev–Trinajstić information content (AvgIpc) is 3.12. The molecule has 0 saturated carbocycles. The molecule has 134 valence electrons. The lowest BCUT2D eigenvalue weighted by Gasteiger charge is -2.12. The highest BCUT2D eigenvalue weighted by atomic mass is 32.1. The van der Waals surface area contributed by atoms with Crippen LogP contribution in [0.15, 0.2) is 36.5 Å². The average molecular weight is 368 g/mol. The van der Waals surface area contributed by atoms with Gasteiger partial charge in [0.1, 0.15) is 10.7 Å². The van der Waals surface area contributed by atoms with Crippen LogP contribution in [-0.2, 0) is 0 Å². The molecule has 2 amide bonds. The van der Waals surface area contributed by atoms with E-state index >= 15 is 0 Å². The second-order valence-electron chi connectivity index (χ2n) is 6.04. The predicted molar refractivity (Wildman–Crippen MR) is 102 cm³/mol. The molecule has 0 saturated heterocycles. The summed E-state index contributed by atoms with van der Waals surface area (Å²) in [5.74, 6) is -0.808. The third-order valence-corrected chi connectivity index (χ3v) is 5.45. The molecule has 7 heteroatoms. The fraction of sp³-hybridized carbons (Fsp3) is 0.211. The lowest BCUT2D eigenvalue weighted by Crippen LogP contribution is -2.42. The van der Waals surface area contributed by atoms with E-state index in [9.17, 15) is 9.59 Å². The number of hydrazine groups is 1. The Morgan fingerprint density at radius 1 is 0.962 bits per heavy atom. The normalized spacial score (nSPS) is 10.6. The van der Waals surface area contributed by atoms with Gasteiger partial charge in [-0.3, -0.25) is 25.4 Å². The van der Waals surface area contributed by atoms with Crippen LogP contribution < -0.4 is 10.9 Å². The van der Waals surface area contributed by atoms with Gasteiger partial charge in [-0.05, 0) is 57.5 Å². The Bertz CT molecular complexity index is 954. The Kier molecular flexibility index (Phi) is 4.90. The van der Waals surface area contributed by atoms with E-state index in [1.807, 2.05) is 39.8 Å². The highest BCUT2D eigenvalue weighted by Gasteiger charge is 2.22. The number of hydrogen-bond acceptors (Lipinski definition) is 4. The number of hydrogen-bond donors (Lipinski definition) is 2. The Balaban J connectivity index is 1.87. The van der Waals surface area contributed by atoms with E-state index in [4.69, 9.17) is 0 Å².